The van der Waals surface area contributed by atoms with Crippen molar-refractivity contribution in [2.45, 2.75) is 26.8 Å². The van der Waals surface area contributed by atoms with Gasteiger partial charge in [0.05, 0.1) is 11.6 Å². The van der Waals surface area contributed by atoms with Gasteiger partial charge in [-0.25, -0.2) is 4.39 Å². The SMILES string of the molecule is Cc1ccc(C(=O)C(C)N(C)C(=O)c2ccccc2F)cc1C. The van der Waals surface area contributed by atoms with E-state index in [1.54, 1.807) is 19.1 Å². The van der Waals surface area contributed by atoms with E-state index in [4.69, 9.17) is 0 Å². The summed E-state index contributed by atoms with van der Waals surface area (Å²) in [5.41, 5.74) is 2.64. The number of hydrogen-bond donors (Lipinski definition) is 0. The fourth-order valence-corrected chi connectivity index (χ4v) is 2.31. The van der Waals surface area contributed by atoms with Gasteiger partial charge in [-0.2, -0.15) is 0 Å². The van der Waals surface area contributed by atoms with Crippen molar-refractivity contribution in [2.75, 3.05) is 7.05 Å². The van der Waals surface area contributed by atoms with Crippen molar-refractivity contribution in [1.82, 2.24) is 4.90 Å². The minimum atomic E-state index is -0.677. The van der Waals surface area contributed by atoms with Crippen LogP contribution >= 0.6 is 0 Å². The topological polar surface area (TPSA) is 37.4 Å². The smallest absolute Gasteiger partial charge is 0.257 e. The van der Waals surface area contributed by atoms with E-state index in [0.717, 1.165) is 11.1 Å². The lowest BCUT2D eigenvalue weighted by Crippen LogP contribution is -2.40. The monoisotopic (exact) mass is 313 g/mol. The lowest BCUT2D eigenvalue weighted by molar-refractivity contribution is 0.0671. The molecule has 0 aliphatic carbocycles. The first-order chi connectivity index (χ1) is 10.8. The minimum absolute atomic E-state index is 0.0327. The number of carbonyl (C=O) groups excluding carboxylic acids is 2. The molecule has 0 aliphatic heterocycles. The van der Waals surface area contributed by atoms with Crippen LogP contribution in [0.2, 0.25) is 0 Å². The zero-order chi connectivity index (χ0) is 17.1. The van der Waals surface area contributed by atoms with E-state index in [0.29, 0.717) is 5.56 Å². The maximum atomic E-state index is 13.8. The Labute approximate surface area is 135 Å². The Balaban J connectivity index is 2.23. The summed E-state index contributed by atoms with van der Waals surface area (Å²) >= 11 is 0. The molecular weight excluding hydrogens is 293 g/mol. The lowest BCUT2D eigenvalue weighted by Gasteiger charge is -2.24. The van der Waals surface area contributed by atoms with Crippen LogP contribution in [-0.4, -0.2) is 29.7 Å². The van der Waals surface area contributed by atoms with Crippen LogP contribution in [0, 0.1) is 19.7 Å². The molecule has 23 heavy (non-hydrogen) atoms. The van der Waals surface area contributed by atoms with E-state index in [2.05, 4.69) is 0 Å². The molecule has 0 heterocycles. The van der Waals surface area contributed by atoms with Crippen molar-refractivity contribution in [3.05, 3.63) is 70.5 Å². The third-order valence-corrected chi connectivity index (χ3v) is 4.18. The van der Waals surface area contributed by atoms with E-state index in [1.807, 2.05) is 26.0 Å². The fraction of sp³-hybridized carbons (Fsp3) is 0.263. The Bertz CT molecular complexity index is 755. The molecule has 3 nitrogen and oxygen atoms in total. The van der Waals surface area contributed by atoms with E-state index < -0.39 is 17.8 Å². The van der Waals surface area contributed by atoms with Crippen LogP contribution in [0.1, 0.15) is 38.8 Å². The summed E-state index contributed by atoms with van der Waals surface area (Å²) in [6, 6.07) is 10.5. The predicted octanol–water partition coefficient (Wildman–Crippen LogP) is 3.79. The summed E-state index contributed by atoms with van der Waals surface area (Å²) < 4.78 is 13.8. The third-order valence-electron chi connectivity index (χ3n) is 4.18. The molecule has 2 aromatic rings. The minimum Gasteiger partial charge on any atom is -0.331 e. The van der Waals surface area contributed by atoms with Crippen molar-refractivity contribution >= 4 is 11.7 Å². The van der Waals surface area contributed by atoms with Crippen LogP contribution in [0.5, 0.6) is 0 Å². The zero-order valence-corrected chi connectivity index (χ0v) is 13.8. The summed E-state index contributed by atoms with van der Waals surface area (Å²) in [5, 5.41) is 0. The number of nitrogens with zero attached hydrogens (tertiary/aromatic N) is 1. The van der Waals surface area contributed by atoms with Crippen LogP contribution in [0.25, 0.3) is 0 Å². The van der Waals surface area contributed by atoms with Gasteiger partial charge in [-0.05, 0) is 50.1 Å². The van der Waals surface area contributed by atoms with Crippen molar-refractivity contribution in [1.29, 1.82) is 0 Å². The maximum absolute atomic E-state index is 13.8. The van der Waals surface area contributed by atoms with Gasteiger partial charge in [-0.1, -0.05) is 24.3 Å². The normalized spacial score (nSPS) is 11.9. The van der Waals surface area contributed by atoms with E-state index in [9.17, 15) is 14.0 Å². The molecule has 0 aliphatic rings. The molecule has 0 N–H and O–H groups in total. The average molecular weight is 313 g/mol. The van der Waals surface area contributed by atoms with Gasteiger partial charge in [-0.15, -0.1) is 0 Å². The van der Waals surface area contributed by atoms with E-state index in [1.165, 1.54) is 30.1 Å². The van der Waals surface area contributed by atoms with Gasteiger partial charge in [-0.3, -0.25) is 9.59 Å². The quantitative estimate of drug-likeness (QED) is 0.805. The number of benzene rings is 2. The number of hydrogen-bond acceptors (Lipinski definition) is 2. The summed E-state index contributed by atoms with van der Waals surface area (Å²) in [6.45, 7) is 5.56. The highest BCUT2D eigenvalue weighted by Gasteiger charge is 2.25. The summed E-state index contributed by atoms with van der Waals surface area (Å²) in [4.78, 5) is 26.3. The molecule has 0 saturated carbocycles. The molecule has 0 bridgehead atoms. The first-order valence-corrected chi connectivity index (χ1v) is 7.46. The third kappa shape index (κ3) is 3.47. The Morgan fingerprint density at radius 3 is 2.30 bits per heavy atom. The van der Waals surface area contributed by atoms with Gasteiger partial charge in [0.25, 0.3) is 5.91 Å². The Morgan fingerprint density at radius 2 is 1.70 bits per heavy atom. The average Bonchev–Trinajstić information content (AvgIpc) is 2.55. The van der Waals surface area contributed by atoms with Crippen molar-refractivity contribution in [3.8, 4) is 0 Å². The summed E-state index contributed by atoms with van der Waals surface area (Å²) in [5.74, 6) is -1.26. The largest absolute Gasteiger partial charge is 0.331 e. The van der Waals surface area contributed by atoms with E-state index in [-0.39, 0.29) is 11.3 Å². The Hall–Kier alpha value is -2.49. The molecule has 0 aromatic heterocycles. The fourth-order valence-electron chi connectivity index (χ4n) is 2.31. The molecule has 0 saturated heterocycles. The molecule has 2 rings (SSSR count). The number of Topliss-reactive ketones (excluding diaryl/α,β-unsaturated/α-hetero) is 1. The summed E-state index contributed by atoms with van der Waals surface area (Å²) in [6.07, 6.45) is 0. The number of halogens is 1. The Kier molecular flexibility index (Phi) is 4.94. The second-order valence-electron chi connectivity index (χ2n) is 5.74. The molecule has 0 fully saturated rings. The second kappa shape index (κ2) is 6.73. The highest BCUT2D eigenvalue weighted by atomic mass is 19.1. The van der Waals surface area contributed by atoms with Crippen LogP contribution in [0.3, 0.4) is 0 Å². The van der Waals surface area contributed by atoms with Crippen molar-refractivity contribution in [3.63, 3.8) is 0 Å². The highest BCUT2D eigenvalue weighted by molar-refractivity contribution is 6.04. The lowest BCUT2D eigenvalue weighted by atomic mass is 9.99. The molecule has 0 spiro atoms. The van der Waals surface area contributed by atoms with Gasteiger partial charge in [0, 0.05) is 12.6 Å². The number of rotatable bonds is 4. The molecule has 4 heteroatoms. The van der Waals surface area contributed by atoms with Crippen LogP contribution in [0.15, 0.2) is 42.5 Å². The molecule has 0 radical (unpaired) electrons. The zero-order valence-electron chi connectivity index (χ0n) is 13.8. The second-order valence-corrected chi connectivity index (χ2v) is 5.74. The predicted molar refractivity (Wildman–Crippen MR) is 88.2 cm³/mol. The number of amides is 1. The summed E-state index contributed by atoms with van der Waals surface area (Å²) in [7, 11) is 1.51. The number of carbonyl (C=O) groups is 2. The van der Waals surface area contributed by atoms with Gasteiger partial charge in [0.2, 0.25) is 0 Å². The molecule has 2 aromatic carbocycles. The van der Waals surface area contributed by atoms with Gasteiger partial charge in [0.1, 0.15) is 5.82 Å². The highest BCUT2D eigenvalue weighted by Crippen LogP contribution is 2.16. The first kappa shape index (κ1) is 16.9. The van der Waals surface area contributed by atoms with Gasteiger partial charge in [0.15, 0.2) is 5.78 Å². The van der Waals surface area contributed by atoms with Crippen LogP contribution in [-0.2, 0) is 0 Å². The number of likely N-dealkylation sites (N-methyl/N-ethyl adjacent to an activating group) is 1. The maximum Gasteiger partial charge on any atom is 0.257 e. The number of aryl methyl sites for hydroxylation is 2. The van der Waals surface area contributed by atoms with E-state index >= 15 is 0 Å². The van der Waals surface area contributed by atoms with Gasteiger partial charge >= 0.3 is 0 Å². The van der Waals surface area contributed by atoms with Crippen LogP contribution < -0.4 is 0 Å². The molecule has 1 unspecified atom stereocenters. The molecule has 1 amide bonds. The molecule has 120 valence electrons. The van der Waals surface area contributed by atoms with Gasteiger partial charge < -0.3 is 4.90 Å². The van der Waals surface area contributed by atoms with Crippen LogP contribution in [0.4, 0.5) is 4.39 Å². The Morgan fingerprint density at radius 1 is 1.04 bits per heavy atom. The standard InChI is InChI=1S/C19H20FNO2/c1-12-9-10-15(11-13(12)2)18(22)14(3)21(4)19(23)16-7-5-6-8-17(16)20/h5-11,14H,1-4H3. The number of ketones is 1. The van der Waals surface area contributed by atoms with Crippen molar-refractivity contribution < 1.29 is 14.0 Å². The molecule has 1 atom stereocenters. The molecular formula is C19H20FNO2. The van der Waals surface area contributed by atoms with Crippen molar-refractivity contribution in [2.24, 2.45) is 0 Å². The first-order valence-electron chi connectivity index (χ1n) is 7.46.